The zero-order valence-electron chi connectivity index (χ0n) is 9.93. The summed E-state index contributed by atoms with van der Waals surface area (Å²) in [5, 5.41) is 9.07. The Morgan fingerprint density at radius 2 is 2.24 bits per heavy atom. The summed E-state index contributed by atoms with van der Waals surface area (Å²) >= 11 is 1.39. The van der Waals surface area contributed by atoms with Gasteiger partial charge in [0, 0.05) is 31.9 Å². The highest BCUT2D eigenvalue weighted by atomic mass is 32.2. The van der Waals surface area contributed by atoms with E-state index in [0.29, 0.717) is 18.7 Å². The average Bonchev–Trinajstić information content (AvgIpc) is 2.34. The van der Waals surface area contributed by atoms with Crippen LogP contribution in [0.5, 0.6) is 0 Å². The number of rotatable bonds is 6. The van der Waals surface area contributed by atoms with E-state index in [0.717, 1.165) is 19.4 Å². The minimum Gasteiger partial charge on any atom is -0.396 e. The molecule has 5 nitrogen and oxygen atoms in total. The Morgan fingerprint density at radius 1 is 1.47 bits per heavy atom. The quantitative estimate of drug-likeness (QED) is 0.649. The summed E-state index contributed by atoms with van der Waals surface area (Å²) in [4.78, 5) is 24.1. The largest absolute Gasteiger partial charge is 0.396 e. The number of primary amides is 1. The molecular weight excluding hydrogens is 240 g/mol. The second-order valence-electron chi connectivity index (χ2n) is 4.30. The Bertz CT molecular complexity index is 273. The third kappa shape index (κ3) is 5.41. The van der Waals surface area contributed by atoms with Crippen molar-refractivity contribution < 1.29 is 14.7 Å². The first-order valence-corrected chi connectivity index (χ1v) is 7.03. The van der Waals surface area contributed by atoms with Crippen LogP contribution in [0.1, 0.15) is 19.3 Å². The molecule has 6 heteroatoms. The summed E-state index contributed by atoms with van der Waals surface area (Å²) in [5.74, 6) is 0.890. The Labute approximate surface area is 106 Å². The molecule has 17 heavy (non-hydrogen) atoms. The molecule has 0 radical (unpaired) electrons. The van der Waals surface area contributed by atoms with Gasteiger partial charge in [-0.25, -0.2) is 0 Å². The average molecular weight is 260 g/mol. The van der Waals surface area contributed by atoms with Crippen LogP contribution in [0.25, 0.3) is 0 Å². The van der Waals surface area contributed by atoms with Crippen molar-refractivity contribution in [3.63, 3.8) is 0 Å². The molecule has 0 aromatic heterocycles. The first-order chi connectivity index (χ1) is 8.13. The van der Waals surface area contributed by atoms with Gasteiger partial charge in [-0.3, -0.25) is 9.59 Å². The molecular formula is C11H20N2O3S. The predicted octanol–water partition coefficient (Wildman–Crippen LogP) is -0.174. The SMILES string of the molecule is NC(=O)CSCCC(=O)N1CCCC(CO)C1. The van der Waals surface area contributed by atoms with Crippen LogP contribution in [-0.4, -0.2) is 53.0 Å². The number of amides is 2. The Hall–Kier alpha value is -0.750. The van der Waals surface area contributed by atoms with Gasteiger partial charge in [0.2, 0.25) is 11.8 Å². The number of piperidine rings is 1. The first kappa shape index (κ1) is 14.3. The topological polar surface area (TPSA) is 83.6 Å². The maximum atomic E-state index is 11.8. The number of hydrogen-bond donors (Lipinski definition) is 2. The number of likely N-dealkylation sites (tertiary alicyclic amines) is 1. The Balaban J connectivity index is 2.20. The van der Waals surface area contributed by atoms with Gasteiger partial charge in [0.25, 0.3) is 0 Å². The Morgan fingerprint density at radius 3 is 2.88 bits per heavy atom. The smallest absolute Gasteiger partial charge is 0.227 e. The molecule has 1 atom stereocenters. The van der Waals surface area contributed by atoms with Crippen LogP contribution in [0.2, 0.25) is 0 Å². The van der Waals surface area contributed by atoms with Gasteiger partial charge in [-0.2, -0.15) is 11.8 Å². The monoisotopic (exact) mass is 260 g/mol. The van der Waals surface area contributed by atoms with Gasteiger partial charge < -0.3 is 15.7 Å². The van der Waals surface area contributed by atoms with Crippen LogP contribution in [-0.2, 0) is 9.59 Å². The summed E-state index contributed by atoms with van der Waals surface area (Å²) in [5.41, 5.74) is 5.01. The van der Waals surface area contributed by atoms with E-state index in [1.807, 2.05) is 4.90 Å². The van der Waals surface area contributed by atoms with Gasteiger partial charge in [-0.1, -0.05) is 0 Å². The molecule has 0 aliphatic carbocycles. The normalized spacial score (nSPS) is 20.3. The van der Waals surface area contributed by atoms with Crippen LogP contribution < -0.4 is 5.73 Å². The van der Waals surface area contributed by atoms with Crippen molar-refractivity contribution in [1.82, 2.24) is 4.90 Å². The molecule has 2 amide bonds. The van der Waals surface area contributed by atoms with Gasteiger partial charge in [0.15, 0.2) is 0 Å². The molecule has 0 bridgehead atoms. The number of nitrogens with two attached hydrogens (primary N) is 1. The van der Waals surface area contributed by atoms with Crippen molar-refractivity contribution in [1.29, 1.82) is 0 Å². The van der Waals surface area contributed by atoms with E-state index in [1.54, 1.807) is 0 Å². The van der Waals surface area contributed by atoms with Crippen molar-refractivity contribution in [2.24, 2.45) is 11.7 Å². The predicted molar refractivity (Wildman–Crippen MR) is 67.5 cm³/mol. The number of nitrogens with zero attached hydrogens (tertiary/aromatic N) is 1. The second kappa shape index (κ2) is 7.55. The highest BCUT2D eigenvalue weighted by molar-refractivity contribution is 7.99. The molecule has 1 aliphatic rings. The maximum absolute atomic E-state index is 11.8. The van der Waals surface area contributed by atoms with Crippen LogP contribution >= 0.6 is 11.8 Å². The Kier molecular flexibility index (Phi) is 6.36. The number of carbonyl (C=O) groups is 2. The zero-order valence-corrected chi connectivity index (χ0v) is 10.7. The molecule has 1 aliphatic heterocycles. The molecule has 1 rings (SSSR count). The van der Waals surface area contributed by atoms with Gasteiger partial charge in [-0.15, -0.1) is 0 Å². The van der Waals surface area contributed by atoms with Crippen molar-refractivity contribution in [2.45, 2.75) is 19.3 Å². The lowest BCUT2D eigenvalue weighted by Gasteiger charge is -2.31. The summed E-state index contributed by atoms with van der Waals surface area (Å²) in [6.45, 7) is 1.60. The molecule has 1 heterocycles. The van der Waals surface area contributed by atoms with E-state index in [1.165, 1.54) is 11.8 Å². The number of aliphatic hydroxyl groups excluding tert-OH is 1. The fourth-order valence-electron chi connectivity index (χ4n) is 1.93. The highest BCUT2D eigenvalue weighted by Crippen LogP contribution is 2.17. The maximum Gasteiger partial charge on any atom is 0.227 e. The molecule has 1 unspecified atom stereocenters. The van der Waals surface area contributed by atoms with Crippen molar-refractivity contribution >= 4 is 23.6 Å². The lowest BCUT2D eigenvalue weighted by molar-refractivity contribution is -0.132. The number of aliphatic hydroxyl groups is 1. The third-order valence-corrected chi connectivity index (χ3v) is 3.82. The van der Waals surface area contributed by atoms with E-state index in [-0.39, 0.29) is 30.1 Å². The van der Waals surface area contributed by atoms with Crippen molar-refractivity contribution in [2.75, 3.05) is 31.2 Å². The highest BCUT2D eigenvalue weighted by Gasteiger charge is 2.22. The minimum atomic E-state index is -0.347. The zero-order chi connectivity index (χ0) is 12.7. The van der Waals surface area contributed by atoms with Crippen molar-refractivity contribution in [3.05, 3.63) is 0 Å². The van der Waals surface area contributed by atoms with Gasteiger partial charge in [-0.05, 0) is 18.8 Å². The minimum absolute atomic E-state index is 0.111. The number of thioether (sulfide) groups is 1. The fraction of sp³-hybridized carbons (Fsp3) is 0.818. The first-order valence-electron chi connectivity index (χ1n) is 5.88. The fourth-order valence-corrected chi connectivity index (χ4v) is 2.60. The van der Waals surface area contributed by atoms with Crippen LogP contribution in [0, 0.1) is 5.92 Å². The third-order valence-electron chi connectivity index (χ3n) is 2.83. The van der Waals surface area contributed by atoms with Crippen LogP contribution in [0.15, 0.2) is 0 Å². The lowest BCUT2D eigenvalue weighted by Crippen LogP contribution is -2.41. The van der Waals surface area contributed by atoms with Crippen LogP contribution in [0.4, 0.5) is 0 Å². The van der Waals surface area contributed by atoms with E-state index in [2.05, 4.69) is 0 Å². The van der Waals surface area contributed by atoms with E-state index < -0.39 is 0 Å². The molecule has 98 valence electrons. The summed E-state index contributed by atoms with van der Waals surface area (Å²) in [6, 6.07) is 0. The van der Waals surface area contributed by atoms with E-state index >= 15 is 0 Å². The number of hydrogen-bond acceptors (Lipinski definition) is 4. The van der Waals surface area contributed by atoms with Gasteiger partial charge >= 0.3 is 0 Å². The summed E-state index contributed by atoms with van der Waals surface area (Å²) < 4.78 is 0. The lowest BCUT2D eigenvalue weighted by atomic mass is 9.99. The summed E-state index contributed by atoms with van der Waals surface area (Å²) in [7, 11) is 0. The van der Waals surface area contributed by atoms with Crippen molar-refractivity contribution in [3.8, 4) is 0 Å². The molecule has 1 saturated heterocycles. The number of carbonyl (C=O) groups excluding carboxylic acids is 2. The van der Waals surface area contributed by atoms with Gasteiger partial charge in [0.1, 0.15) is 0 Å². The second-order valence-corrected chi connectivity index (χ2v) is 5.40. The molecule has 0 aromatic rings. The molecule has 3 N–H and O–H groups in total. The molecule has 1 fully saturated rings. The van der Waals surface area contributed by atoms with Crippen LogP contribution in [0.3, 0.4) is 0 Å². The standard InChI is InChI=1S/C11H20N2O3S/c12-10(15)8-17-5-3-11(16)13-4-1-2-9(6-13)7-14/h9,14H,1-8H2,(H2,12,15). The molecule has 0 aromatic carbocycles. The summed E-state index contributed by atoms with van der Waals surface area (Å²) in [6.07, 6.45) is 2.40. The van der Waals surface area contributed by atoms with Gasteiger partial charge in [0.05, 0.1) is 5.75 Å². The van der Waals surface area contributed by atoms with E-state index in [9.17, 15) is 9.59 Å². The molecule has 0 saturated carbocycles. The molecule has 0 spiro atoms. The van der Waals surface area contributed by atoms with E-state index in [4.69, 9.17) is 10.8 Å².